The van der Waals surface area contributed by atoms with E-state index in [1.807, 2.05) is 0 Å². The van der Waals surface area contributed by atoms with E-state index in [1.165, 1.54) is 70.6 Å². The van der Waals surface area contributed by atoms with Gasteiger partial charge in [-0.1, -0.05) is 101 Å². The Hall–Kier alpha value is 0.130. The molecule has 0 radical (unpaired) electrons. The second kappa shape index (κ2) is 15.6. The van der Waals surface area contributed by atoms with Crippen LogP contribution in [0.2, 0.25) is 0 Å². The smallest absolute Gasteiger partial charge is 0.00368 e. The van der Waals surface area contributed by atoms with E-state index in [0.717, 1.165) is 5.66 Å². The highest BCUT2D eigenvalue weighted by Gasteiger charge is 2.14. The Morgan fingerprint density at radius 3 is 1.70 bits per heavy atom. The average Bonchev–Trinajstić information content (AvgIpc) is 2.53. The number of unbranched alkanes of at least 4 members (excludes halogenated alkanes) is 9. The fourth-order valence-corrected chi connectivity index (χ4v) is 4.69. The fourth-order valence-electron chi connectivity index (χ4n) is 3.22. The van der Waals surface area contributed by atoms with Crippen LogP contribution in [0.5, 0.6) is 0 Å². The van der Waals surface area contributed by atoms with Gasteiger partial charge in [0, 0.05) is 5.66 Å². The first-order valence-electron chi connectivity index (χ1n) is 9.47. The summed E-state index contributed by atoms with van der Waals surface area (Å²) in [5.74, 6) is 0. The summed E-state index contributed by atoms with van der Waals surface area (Å²) in [6.45, 7) is 7.16. The number of hydrogen-bond donors (Lipinski definition) is 0. The standard InChI is InChI=1S/C21H37P.BrH/c1-4-5-6-7-8-9-10-11-12-16-19-21(22(2)3)20-17-14-13-15-18-20;/h13-15,17-18,21H,4-12,16,19H2,1-3H3;1H. The summed E-state index contributed by atoms with van der Waals surface area (Å²) in [4.78, 5) is 0. The highest BCUT2D eigenvalue weighted by atomic mass is 79.9. The third-order valence-electron chi connectivity index (χ3n) is 4.64. The van der Waals surface area contributed by atoms with Gasteiger partial charge in [-0.3, -0.25) is 0 Å². The predicted molar refractivity (Wildman–Crippen MR) is 115 cm³/mol. The molecule has 1 rings (SSSR count). The zero-order valence-electron chi connectivity index (χ0n) is 15.6. The van der Waals surface area contributed by atoms with Gasteiger partial charge in [-0.05, 0) is 25.3 Å². The minimum Gasteiger partial charge on any atom is -0.114 e. The van der Waals surface area contributed by atoms with E-state index in [9.17, 15) is 0 Å². The quantitative estimate of drug-likeness (QED) is 0.230. The molecule has 0 aliphatic rings. The molecule has 1 aromatic carbocycles. The topological polar surface area (TPSA) is 0 Å². The van der Waals surface area contributed by atoms with E-state index in [0.29, 0.717) is 0 Å². The molecule has 1 unspecified atom stereocenters. The van der Waals surface area contributed by atoms with Crippen LogP contribution in [-0.4, -0.2) is 13.3 Å². The summed E-state index contributed by atoms with van der Waals surface area (Å²) >= 11 is 0. The van der Waals surface area contributed by atoms with Gasteiger partial charge in [-0.15, -0.1) is 24.9 Å². The maximum Gasteiger partial charge on any atom is 0.00368 e. The first kappa shape index (κ1) is 23.1. The van der Waals surface area contributed by atoms with Crippen LogP contribution in [0.15, 0.2) is 30.3 Å². The summed E-state index contributed by atoms with van der Waals surface area (Å²) in [5, 5.41) is 0. The largest absolute Gasteiger partial charge is 0.114 e. The molecule has 0 aliphatic heterocycles. The van der Waals surface area contributed by atoms with Crippen molar-refractivity contribution in [3.05, 3.63) is 35.9 Å². The van der Waals surface area contributed by atoms with Gasteiger partial charge in [-0.25, -0.2) is 0 Å². The predicted octanol–water partition coefficient (Wildman–Crippen LogP) is 8.36. The van der Waals surface area contributed by atoms with E-state index in [1.54, 1.807) is 5.56 Å². The Morgan fingerprint density at radius 2 is 1.22 bits per heavy atom. The third kappa shape index (κ3) is 11.3. The van der Waals surface area contributed by atoms with Crippen LogP contribution in [-0.2, 0) is 0 Å². The SMILES string of the molecule is Br.CCCCCCCCCCCCC(c1ccccc1)P(C)C. The molecule has 0 bridgehead atoms. The first-order valence-corrected chi connectivity index (χ1v) is 11.8. The Morgan fingerprint density at radius 1 is 0.739 bits per heavy atom. The van der Waals surface area contributed by atoms with Crippen molar-refractivity contribution in [3.63, 3.8) is 0 Å². The van der Waals surface area contributed by atoms with Gasteiger partial charge in [0.1, 0.15) is 0 Å². The van der Waals surface area contributed by atoms with Gasteiger partial charge in [0.05, 0.1) is 0 Å². The Balaban J connectivity index is 0.00000484. The number of halogens is 1. The molecule has 0 aliphatic carbocycles. The molecule has 0 saturated carbocycles. The Labute approximate surface area is 157 Å². The van der Waals surface area contributed by atoms with Crippen molar-refractivity contribution in [3.8, 4) is 0 Å². The van der Waals surface area contributed by atoms with Crippen molar-refractivity contribution in [2.75, 3.05) is 13.3 Å². The maximum atomic E-state index is 2.43. The van der Waals surface area contributed by atoms with Crippen molar-refractivity contribution < 1.29 is 0 Å². The van der Waals surface area contributed by atoms with Crippen LogP contribution in [0.4, 0.5) is 0 Å². The van der Waals surface area contributed by atoms with Crippen LogP contribution in [0, 0.1) is 0 Å². The van der Waals surface area contributed by atoms with Crippen LogP contribution in [0.1, 0.15) is 88.8 Å². The highest BCUT2D eigenvalue weighted by molar-refractivity contribution is 8.93. The molecular weight excluding hydrogens is 363 g/mol. The van der Waals surface area contributed by atoms with Crippen molar-refractivity contribution in [2.24, 2.45) is 0 Å². The van der Waals surface area contributed by atoms with Crippen molar-refractivity contribution in [1.82, 2.24) is 0 Å². The van der Waals surface area contributed by atoms with Gasteiger partial charge in [0.2, 0.25) is 0 Å². The minimum atomic E-state index is 0. The lowest BCUT2D eigenvalue weighted by Gasteiger charge is -2.21. The molecule has 0 nitrogen and oxygen atoms in total. The maximum absolute atomic E-state index is 2.43. The highest BCUT2D eigenvalue weighted by Crippen LogP contribution is 2.47. The van der Waals surface area contributed by atoms with E-state index in [-0.39, 0.29) is 24.9 Å². The molecule has 1 aromatic rings. The fraction of sp³-hybridized carbons (Fsp3) is 0.714. The molecule has 0 N–H and O–H groups in total. The molecule has 0 amide bonds. The van der Waals surface area contributed by atoms with E-state index in [4.69, 9.17) is 0 Å². The molecular formula is C21H38BrP. The lowest BCUT2D eigenvalue weighted by Crippen LogP contribution is -1.96. The van der Waals surface area contributed by atoms with Crippen molar-refractivity contribution >= 4 is 24.9 Å². The molecule has 23 heavy (non-hydrogen) atoms. The third-order valence-corrected chi connectivity index (χ3v) is 6.44. The first-order chi connectivity index (χ1) is 10.8. The monoisotopic (exact) mass is 400 g/mol. The van der Waals surface area contributed by atoms with Crippen LogP contribution in [0.25, 0.3) is 0 Å². The Kier molecular flexibility index (Phi) is 15.7. The second-order valence-electron chi connectivity index (χ2n) is 6.86. The number of hydrogen-bond acceptors (Lipinski definition) is 0. The lowest BCUT2D eigenvalue weighted by molar-refractivity contribution is 0.548. The van der Waals surface area contributed by atoms with Crippen molar-refractivity contribution in [1.29, 1.82) is 0 Å². The molecule has 0 heterocycles. The molecule has 0 saturated heterocycles. The van der Waals surface area contributed by atoms with Crippen LogP contribution in [0.3, 0.4) is 0 Å². The molecule has 0 aromatic heterocycles. The van der Waals surface area contributed by atoms with Gasteiger partial charge >= 0.3 is 0 Å². The minimum absolute atomic E-state index is 0. The van der Waals surface area contributed by atoms with Gasteiger partial charge in [0.15, 0.2) is 0 Å². The normalized spacial score (nSPS) is 12.2. The van der Waals surface area contributed by atoms with E-state index in [2.05, 4.69) is 50.6 Å². The Bertz CT molecular complexity index is 350. The lowest BCUT2D eigenvalue weighted by atomic mass is 10.0. The molecule has 1 atom stereocenters. The summed E-state index contributed by atoms with van der Waals surface area (Å²) < 4.78 is 0. The summed E-state index contributed by atoms with van der Waals surface area (Å²) in [7, 11) is 0.124. The summed E-state index contributed by atoms with van der Waals surface area (Å²) in [6, 6.07) is 11.2. The van der Waals surface area contributed by atoms with E-state index >= 15 is 0 Å². The molecule has 134 valence electrons. The summed E-state index contributed by atoms with van der Waals surface area (Å²) in [6.07, 6.45) is 15.7. The van der Waals surface area contributed by atoms with Gasteiger partial charge in [-0.2, -0.15) is 0 Å². The summed E-state index contributed by atoms with van der Waals surface area (Å²) in [5.41, 5.74) is 2.37. The number of benzene rings is 1. The van der Waals surface area contributed by atoms with Gasteiger partial charge < -0.3 is 0 Å². The van der Waals surface area contributed by atoms with Crippen molar-refractivity contribution in [2.45, 2.75) is 83.2 Å². The second-order valence-corrected chi connectivity index (χ2v) is 9.41. The number of rotatable bonds is 13. The van der Waals surface area contributed by atoms with Crippen LogP contribution >= 0.6 is 24.9 Å². The molecule has 0 spiro atoms. The molecule has 0 fully saturated rings. The van der Waals surface area contributed by atoms with E-state index < -0.39 is 0 Å². The zero-order valence-corrected chi connectivity index (χ0v) is 18.2. The van der Waals surface area contributed by atoms with Crippen LogP contribution < -0.4 is 0 Å². The molecule has 2 heteroatoms. The zero-order chi connectivity index (χ0) is 16.0. The average molecular weight is 401 g/mol. The van der Waals surface area contributed by atoms with Gasteiger partial charge in [0.25, 0.3) is 0 Å².